The second-order valence-corrected chi connectivity index (χ2v) is 9.54. The van der Waals surface area contributed by atoms with Crippen LogP contribution < -0.4 is 0 Å². The van der Waals surface area contributed by atoms with E-state index in [0.29, 0.717) is 19.4 Å². The minimum Gasteiger partial charge on any atom is -0.312 e. The molecule has 0 atom stereocenters. The van der Waals surface area contributed by atoms with Crippen molar-refractivity contribution in [2.45, 2.75) is 38.4 Å². The van der Waals surface area contributed by atoms with Gasteiger partial charge >= 0.3 is 6.03 Å². The Bertz CT molecular complexity index is 1200. The van der Waals surface area contributed by atoms with Gasteiger partial charge in [0.15, 0.2) is 0 Å². The van der Waals surface area contributed by atoms with Gasteiger partial charge in [0.1, 0.15) is 5.54 Å². The molecule has 0 radical (unpaired) electrons. The van der Waals surface area contributed by atoms with Crippen molar-refractivity contribution < 1.29 is 9.59 Å². The predicted molar refractivity (Wildman–Crippen MR) is 134 cm³/mol. The minimum atomic E-state index is -0.717. The van der Waals surface area contributed by atoms with Crippen molar-refractivity contribution in [2.24, 2.45) is 0 Å². The highest BCUT2D eigenvalue weighted by Crippen LogP contribution is 2.37. The molecule has 2 aliphatic heterocycles. The standard InChI is InChI=1S/C29H31N3O2/c1-22-9-6-7-14-26(22)25-13-8-12-24(19-25)20-31-17-15-29(16-18-31)27(33)32(28(34)30(29)2)21-23-10-4-3-5-11-23/h3-14,19H,15-18,20-21H2,1-2H3. The van der Waals surface area contributed by atoms with Gasteiger partial charge in [0.2, 0.25) is 0 Å². The molecule has 0 unspecified atom stereocenters. The van der Waals surface area contributed by atoms with E-state index in [1.165, 1.54) is 27.2 Å². The predicted octanol–water partition coefficient (Wildman–Crippen LogP) is 5.09. The van der Waals surface area contributed by atoms with E-state index in [2.05, 4.69) is 60.4 Å². The Morgan fingerprint density at radius 2 is 1.47 bits per heavy atom. The Kier molecular flexibility index (Phi) is 5.96. The summed E-state index contributed by atoms with van der Waals surface area (Å²) in [6.07, 6.45) is 1.33. The monoisotopic (exact) mass is 453 g/mol. The molecular formula is C29H31N3O2. The largest absolute Gasteiger partial charge is 0.327 e. The third kappa shape index (κ3) is 4.01. The second kappa shape index (κ2) is 9.07. The van der Waals surface area contributed by atoms with Crippen molar-refractivity contribution >= 4 is 11.9 Å². The lowest BCUT2D eigenvalue weighted by Gasteiger charge is -2.40. The summed E-state index contributed by atoms with van der Waals surface area (Å²) in [5.74, 6) is -0.0509. The fraction of sp³-hybridized carbons (Fsp3) is 0.310. The molecule has 3 aromatic carbocycles. The number of benzene rings is 3. The molecule has 2 saturated heterocycles. The zero-order chi connectivity index (χ0) is 23.7. The molecule has 5 rings (SSSR count). The number of aryl methyl sites for hydroxylation is 1. The van der Waals surface area contributed by atoms with Gasteiger partial charge in [-0.05, 0) is 53.6 Å². The van der Waals surface area contributed by atoms with E-state index in [4.69, 9.17) is 0 Å². The maximum Gasteiger partial charge on any atom is 0.327 e. The molecule has 2 fully saturated rings. The van der Waals surface area contributed by atoms with Crippen LogP contribution >= 0.6 is 0 Å². The Labute approximate surface area is 201 Å². The number of urea groups is 1. The molecule has 1 spiro atoms. The van der Waals surface area contributed by atoms with Crippen molar-refractivity contribution in [1.82, 2.24) is 14.7 Å². The maximum absolute atomic E-state index is 13.5. The van der Waals surface area contributed by atoms with Crippen LogP contribution in [-0.2, 0) is 17.9 Å². The number of hydrogen-bond donors (Lipinski definition) is 0. The Morgan fingerprint density at radius 3 is 2.21 bits per heavy atom. The number of nitrogens with zero attached hydrogens (tertiary/aromatic N) is 3. The molecule has 2 heterocycles. The first-order valence-electron chi connectivity index (χ1n) is 12.0. The quantitative estimate of drug-likeness (QED) is 0.506. The molecule has 174 valence electrons. The summed E-state index contributed by atoms with van der Waals surface area (Å²) in [4.78, 5) is 31.9. The highest BCUT2D eigenvalue weighted by atomic mass is 16.2. The first-order chi connectivity index (χ1) is 16.5. The van der Waals surface area contributed by atoms with Crippen LogP contribution in [-0.4, -0.2) is 52.3 Å². The van der Waals surface area contributed by atoms with Gasteiger partial charge in [-0.25, -0.2) is 4.79 Å². The van der Waals surface area contributed by atoms with Gasteiger partial charge in [0, 0.05) is 26.7 Å². The summed E-state index contributed by atoms with van der Waals surface area (Å²) in [6, 6.07) is 26.7. The van der Waals surface area contributed by atoms with Gasteiger partial charge < -0.3 is 4.90 Å². The molecule has 0 saturated carbocycles. The Balaban J connectivity index is 1.27. The Hall–Kier alpha value is -3.44. The van der Waals surface area contributed by atoms with Crippen LogP contribution in [0.2, 0.25) is 0 Å². The summed E-state index contributed by atoms with van der Waals surface area (Å²) >= 11 is 0. The molecule has 5 nitrogen and oxygen atoms in total. The number of likely N-dealkylation sites (N-methyl/N-ethyl adjacent to an activating group) is 1. The molecule has 0 N–H and O–H groups in total. The van der Waals surface area contributed by atoms with Crippen molar-refractivity contribution in [3.8, 4) is 11.1 Å². The SMILES string of the molecule is Cc1ccccc1-c1cccc(CN2CCC3(CC2)C(=O)N(Cc2ccccc2)C(=O)N3C)c1. The summed E-state index contributed by atoms with van der Waals surface area (Å²) in [7, 11) is 1.78. The van der Waals surface area contributed by atoms with E-state index in [1.54, 1.807) is 11.9 Å². The van der Waals surface area contributed by atoms with Crippen LogP contribution in [0, 0.1) is 6.92 Å². The van der Waals surface area contributed by atoms with Crippen molar-refractivity contribution in [2.75, 3.05) is 20.1 Å². The first kappa shape index (κ1) is 22.4. The highest BCUT2D eigenvalue weighted by molar-refractivity contribution is 6.06. The first-order valence-corrected chi connectivity index (χ1v) is 12.0. The normalized spacial score (nSPS) is 18.2. The van der Waals surface area contributed by atoms with E-state index < -0.39 is 5.54 Å². The smallest absolute Gasteiger partial charge is 0.312 e. The van der Waals surface area contributed by atoms with Crippen LogP contribution in [0.25, 0.3) is 11.1 Å². The fourth-order valence-corrected chi connectivity index (χ4v) is 5.37. The van der Waals surface area contributed by atoms with Crippen LogP contribution in [0.15, 0.2) is 78.9 Å². The highest BCUT2D eigenvalue weighted by Gasteiger charge is 2.56. The fourth-order valence-electron chi connectivity index (χ4n) is 5.37. The van der Waals surface area contributed by atoms with E-state index in [-0.39, 0.29) is 11.9 Å². The number of imide groups is 1. The number of carbonyl (C=O) groups excluding carboxylic acids is 2. The minimum absolute atomic E-state index is 0.0509. The molecule has 3 aromatic rings. The average Bonchev–Trinajstić information content (AvgIpc) is 3.03. The summed E-state index contributed by atoms with van der Waals surface area (Å²) in [5.41, 5.74) is 5.29. The third-order valence-electron chi connectivity index (χ3n) is 7.46. The summed E-state index contributed by atoms with van der Waals surface area (Å²) < 4.78 is 0. The van der Waals surface area contributed by atoms with Crippen LogP contribution in [0.5, 0.6) is 0 Å². The lowest BCUT2D eigenvalue weighted by Crippen LogP contribution is -2.55. The van der Waals surface area contributed by atoms with Crippen molar-refractivity contribution in [3.05, 3.63) is 95.6 Å². The topological polar surface area (TPSA) is 43.9 Å². The Morgan fingerprint density at radius 1 is 0.794 bits per heavy atom. The van der Waals surface area contributed by atoms with Gasteiger partial charge in [0.25, 0.3) is 5.91 Å². The van der Waals surface area contributed by atoms with E-state index in [9.17, 15) is 9.59 Å². The van der Waals surface area contributed by atoms with Gasteiger partial charge in [-0.1, -0.05) is 72.8 Å². The van der Waals surface area contributed by atoms with Gasteiger partial charge in [-0.15, -0.1) is 0 Å². The molecule has 5 heteroatoms. The molecule has 0 aliphatic carbocycles. The average molecular weight is 454 g/mol. The number of amides is 3. The lowest BCUT2D eigenvalue weighted by molar-refractivity contribution is -0.135. The zero-order valence-electron chi connectivity index (χ0n) is 19.9. The lowest BCUT2D eigenvalue weighted by atomic mass is 9.86. The zero-order valence-corrected chi connectivity index (χ0v) is 19.9. The molecule has 0 aromatic heterocycles. The molecular weight excluding hydrogens is 422 g/mol. The van der Waals surface area contributed by atoms with E-state index >= 15 is 0 Å². The summed E-state index contributed by atoms with van der Waals surface area (Å²) in [6.45, 7) is 4.90. The van der Waals surface area contributed by atoms with Crippen LogP contribution in [0.4, 0.5) is 4.79 Å². The molecule has 0 bridgehead atoms. The number of rotatable bonds is 5. The number of piperidine rings is 1. The summed E-state index contributed by atoms with van der Waals surface area (Å²) in [5, 5.41) is 0. The maximum atomic E-state index is 13.5. The van der Waals surface area contributed by atoms with E-state index in [1.807, 2.05) is 30.3 Å². The number of hydrogen-bond acceptors (Lipinski definition) is 3. The van der Waals surface area contributed by atoms with Crippen molar-refractivity contribution in [3.63, 3.8) is 0 Å². The van der Waals surface area contributed by atoms with Crippen LogP contribution in [0.3, 0.4) is 0 Å². The molecule has 34 heavy (non-hydrogen) atoms. The van der Waals surface area contributed by atoms with Crippen LogP contribution in [0.1, 0.15) is 29.5 Å². The number of carbonyl (C=O) groups is 2. The third-order valence-corrected chi connectivity index (χ3v) is 7.46. The van der Waals surface area contributed by atoms with Crippen molar-refractivity contribution in [1.29, 1.82) is 0 Å². The van der Waals surface area contributed by atoms with E-state index in [0.717, 1.165) is 25.2 Å². The van der Waals surface area contributed by atoms with Gasteiger partial charge in [-0.2, -0.15) is 0 Å². The van der Waals surface area contributed by atoms with Gasteiger partial charge in [0.05, 0.1) is 6.54 Å². The molecule has 2 aliphatic rings. The molecule has 3 amide bonds. The number of likely N-dealkylation sites (tertiary alicyclic amines) is 1. The second-order valence-electron chi connectivity index (χ2n) is 9.54. The van der Waals surface area contributed by atoms with Gasteiger partial charge in [-0.3, -0.25) is 14.6 Å².